The highest BCUT2D eigenvalue weighted by atomic mass is 19.1. The zero-order chi connectivity index (χ0) is 19.7. The van der Waals surface area contributed by atoms with Gasteiger partial charge in [-0.25, -0.2) is 9.37 Å². The van der Waals surface area contributed by atoms with Gasteiger partial charge in [-0.1, -0.05) is 48.6 Å². The van der Waals surface area contributed by atoms with Crippen LogP contribution in [0.2, 0.25) is 0 Å². The predicted octanol–water partition coefficient (Wildman–Crippen LogP) is 5.49. The van der Waals surface area contributed by atoms with Crippen LogP contribution in [0.4, 0.5) is 10.2 Å². The molecular weight excluding hydrogens is 351 g/mol. The molecule has 0 unspecified atom stereocenters. The van der Waals surface area contributed by atoms with Gasteiger partial charge in [0.15, 0.2) is 5.65 Å². The van der Waals surface area contributed by atoms with Gasteiger partial charge in [0.05, 0.1) is 11.9 Å². The van der Waals surface area contributed by atoms with Crippen molar-refractivity contribution in [3.8, 4) is 11.3 Å². The molecule has 4 rings (SSSR count). The summed E-state index contributed by atoms with van der Waals surface area (Å²) < 4.78 is 16.0. The molecule has 0 aliphatic heterocycles. The van der Waals surface area contributed by atoms with Crippen molar-refractivity contribution in [1.29, 1.82) is 0 Å². The molecule has 2 aromatic carbocycles. The normalized spacial score (nSPS) is 11.0. The monoisotopic (exact) mass is 372 g/mol. The van der Waals surface area contributed by atoms with Gasteiger partial charge in [0, 0.05) is 23.7 Å². The standard InChI is InChI=1S/C23H21FN4/c1-15(2)18-10-8-17(9-11-18)14-25-22-12-21(19-6-4-5-7-20(19)24)27-23-16(3)13-26-28(22)23/h4-13,25H,1,14H2,2-3H3. The van der Waals surface area contributed by atoms with E-state index in [-0.39, 0.29) is 5.82 Å². The van der Waals surface area contributed by atoms with Gasteiger partial charge in [-0.2, -0.15) is 9.61 Å². The largest absolute Gasteiger partial charge is 0.366 e. The Morgan fingerprint density at radius 1 is 1.14 bits per heavy atom. The minimum atomic E-state index is -0.294. The molecule has 0 bridgehead atoms. The fourth-order valence-corrected chi connectivity index (χ4v) is 3.11. The lowest BCUT2D eigenvalue weighted by molar-refractivity contribution is 0.630. The Morgan fingerprint density at radius 2 is 1.89 bits per heavy atom. The summed E-state index contributed by atoms with van der Waals surface area (Å²) in [6.45, 7) is 8.52. The molecule has 0 saturated heterocycles. The van der Waals surface area contributed by atoms with Crippen molar-refractivity contribution in [3.63, 3.8) is 0 Å². The molecule has 4 aromatic rings. The van der Waals surface area contributed by atoms with Crippen molar-refractivity contribution in [2.45, 2.75) is 20.4 Å². The fraction of sp³-hybridized carbons (Fsp3) is 0.130. The molecule has 0 aliphatic rings. The second-order valence-electron chi connectivity index (χ2n) is 6.90. The van der Waals surface area contributed by atoms with Crippen molar-refractivity contribution < 1.29 is 4.39 Å². The Bertz CT molecular complexity index is 1160. The van der Waals surface area contributed by atoms with Crippen LogP contribution in [0, 0.1) is 12.7 Å². The number of benzene rings is 2. The van der Waals surface area contributed by atoms with E-state index < -0.39 is 0 Å². The first kappa shape index (κ1) is 17.9. The summed E-state index contributed by atoms with van der Waals surface area (Å²) in [6, 6.07) is 16.8. The average molecular weight is 372 g/mol. The van der Waals surface area contributed by atoms with Crippen LogP contribution in [0.25, 0.3) is 22.5 Å². The average Bonchev–Trinajstić information content (AvgIpc) is 3.08. The van der Waals surface area contributed by atoms with Crippen molar-refractivity contribution in [2.24, 2.45) is 0 Å². The maximum atomic E-state index is 14.3. The van der Waals surface area contributed by atoms with Gasteiger partial charge in [-0.15, -0.1) is 0 Å². The van der Waals surface area contributed by atoms with E-state index in [0.29, 0.717) is 23.4 Å². The molecular formula is C23H21FN4. The molecule has 28 heavy (non-hydrogen) atoms. The molecule has 0 fully saturated rings. The topological polar surface area (TPSA) is 42.2 Å². The molecule has 0 atom stereocenters. The summed E-state index contributed by atoms with van der Waals surface area (Å²) in [5.41, 5.74) is 5.99. The van der Waals surface area contributed by atoms with Crippen LogP contribution in [0.15, 0.2) is 67.4 Å². The van der Waals surface area contributed by atoms with Gasteiger partial charge in [0.25, 0.3) is 0 Å². The van der Waals surface area contributed by atoms with Gasteiger partial charge in [-0.05, 0) is 37.1 Å². The van der Waals surface area contributed by atoms with E-state index in [2.05, 4.69) is 46.2 Å². The van der Waals surface area contributed by atoms with Gasteiger partial charge >= 0.3 is 0 Å². The lowest BCUT2D eigenvalue weighted by Gasteiger charge is -2.12. The Labute approximate surface area is 163 Å². The summed E-state index contributed by atoms with van der Waals surface area (Å²) in [6.07, 6.45) is 1.76. The predicted molar refractivity (Wildman–Crippen MR) is 112 cm³/mol. The zero-order valence-corrected chi connectivity index (χ0v) is 15.9. The zero-order valence-electron chi connectivity index (χ0n) is 15.9. The van der Waals surface area contributed by atoms with Crippen LogP contribution < -0.4 is 5.32 Å². The minimum absolute atomic E-state index is 0.294. The number of allylic oxidation sites excluding steroid dienone is 1. The molecule has 0 radical (unpaired) electrons. The van der Waals surface area contributed by atoms with E-state index in [9.17, 15) is 4.39 Å². The van der Waals surface area contributed by atoms with E-state index in [4.69, 9.17) is 0 Å². The van der Waals surface area contributed by atoms with E-state index in [1.807, 2.05) is 26.0 Å². The number of hydrogen-bond acceptors (Lipinski definition) is 3. The highest BCUT2D eigenvalue weighted by Crippen LogP contribution is 2.26. The first-order valence-corrected chi connectivity index (χ1v) is 9.12. The number of fused-ring (bicyclic) bond motifs is 1. The second-order valence-corrected chi connectivity index (χ2v) is 6.90. The number of nitrogens with one attached hydrogen (secondary N) is 1. The third kappa shape index (κ3) is 3.39. The van der Waals surface area contributed by atoms with Crippen molar-refractivity contribution in [1.82, 2.24) is 14.6 Å². The van der Waals surface area contributed by atoms with Gasteiger partial charge in [-0.3, -0.25) is 0 Å². The molecule has 0 spiro atoms. The number of halogens is 1. The maximum Gasteiger partial charge on any atom is 0.160 e. The Balaban J connectivity index is 1.69. The highest BCUT2D eigenvalue weighted by Gasteiger charge is 2.13. The van der Waals surface area contributed by atoms with E-state index in [1.165, 1.54) is 6.07 Å². The summed E-state index contributed by atoms with van der Waals surface area (Å²) in [5.74, 6) is 0.471. The van der Waals surface area contributed by atoms with Gasteiger partial charge in [0.2, 0.25) is 0 Å². The van der Waals surface area contributed by atoms with E-state index in [0.717, 1.165) is 28.1 Å². The number of aromatic nitrogens is 3. The molecule has 0 saturated carbocycles. The van der Waals surface area contributed by atoms with Crippen molar-refractivity contribution in [2.75, 3.05) is 5.32 Å². The molecule has 2 heterocycles. The third-order valence-corrected chi connectivity index (χ3v) is 4.72. The van der Waals surface area contributed by atoms with Crippen LogP contribution in [0.5, 0.6) is 0 Å². The van der Waals surface area contributed by atoms with Crippen molar-refractivity contribution in [3.05, 3.63) is 89.9 Å². The number of rotatable bonds is 5. The molecule has 0 aliphatic carbocycles. The van der Waals surface area contributed by atoms with Crippen LogP contribution in [-0.2, 0) is 6.54 Å². The molecule has 4 nitrogen and oxygen atoms in total. The smallest absolute Gasteiger partial charge is 0.160 e. The minimum Gasteiger partial charge on any atom is -0.366 e. The lowest BCUT2D eigenvalue weighted by Crippen LogP contribution is -2.07. The quantitative estimate of drug-likeness (QED) is 0.504. The lowest BCUT2D eigenvalue weighted by atomic mass is 10.1. The highest BCUT2D eigenvalue weighted by molar-refractivity contribution is 5.68. The molecule has 140 valence electrons. The number of hydrogen-bond donors (Lipinski definition) is 1. The summed E-state index contributed by atoms with van der Waals surface area (Å²) >= 11 is 0. The van der Waals surface area contributed by atoms with E-state index >= 15 is 0 Å². The Kier molecular flexibility index (Phi) is 4.65. The number of aryl methyl sites for hydroxylation is 1. The van der Waals surface area contributed by atoms with Gasteiger partial charge < -0.3 is 5.32 Å². The van der Waals surface area contributed by atoms with Crippen LogP contribution in [-0.4, -0.2) is 14.6 Å². The number of anilines is 1. The van der Waals surface area contributed by atoms with Crippen LogP contribution >= 0.6 is 0 Å². The van der Waals surface area contributed by atoms with Crippen LogP contribution in [0.1, 0.15) is 23.6 Å². The Hall–Kier alpha value is -3.47. The molecule has 0 amide bonds. The Morgan fingerprint density at radius 3 is 2.61 bits per heavy atom. The molecule has 2 aromatic heterocycles. The summed E-state index contributed by atoms with van der Waals surface area (Å²) in [4.78, 5) is 4.62. The van der Waals surface area contributed by atoms with E-state index in [1.54, 1.807) is 22.8 Å². The summed E-state index contributed by atoms with van der Waals surface area (Å²) in [7, 11) is 0. The number of nitrogens with zero attached hydrogens (tertiary/aromatic N) is 3. The fourth-order valence-electron chi connectivity index (χ4n) is 3.11. The maximum absolute atomic E-state index is 14.3. The SMILES string of the molecule is C=C(C)c1ccc(CNc2cc(-c3ccccc3F)nc3c(C)cnn23)cc1. The van der Waals surface area contributed by atoms with Crippen molar-refractivity contribution >= 4 is 17.0 Å². The first-order chi connectivity index (χ1) is 13.5. The first-order valence-electron chi connectivity index (χ1n) is 9.12. The van der Waals surface area contributed by atoms with Gasteiger partial charge in [0.1, 0.15) is 11.6 Å². The molecule has 1 N–H and O–H groups in total. The van der Waals surface area contributed by atoms with Crippen LogP contribution in [0.3, 0.4) is 0 Å². The second kappa shape index (κ2) is 7.27. The third-order valence-electron chi connectivity index (χ3n) is 4.72. The summed E-state index contributed by atoms with van der Waals surface area (Å²) in [5, 5.41) is 7.82. The molecule has 5 heteroatoms.